The number of rotatable bonds is 33. The first-order chi connectivity index (χ1) is 24.6. The van der Waals surface area contributed by atoms with Crippen molar-refractivity contribution in [2.45, 2.75) is 194 Å². The molecule has 0 aliphatic rings. The Morgan fingerprint density at radius 2 is 0.740 bits per heavy atom. The van der Waals surface area contributed by atoms with E-state index in [1.54, 1.807) is 28.4 Å². The molecule has 0 bridgehead atoms. The predicted octanol–water partition coefficient (Wildman–Crippen LogP) is 14.7. The van der Waals surface area contributed by atoms with Gasteiger partial charge in [-0.05, 0) is 54.5 Å². The highest BCUT2D eigenvalue weighted by Gasteiger charge is 2.20. The van der Waals surface area contributed by atoms with E-state index < -0.39 is 0 Å². The molecule has 286 valence electrons. The van der Waals surface area contributed by atoms with E-state index in [0.717, 1.165) is 53.4 Å². The summed E-state index contributed by atoms with van der Waals surface area (Å²) in [6.07, 6.45) is 37.4. The minimum atomic E-state index is 0.770. The Kier molecular flexibility index (Phi) is 25.6. The molecule has 0 saturated heterocycles. The van der Waals surface area contributed by atoms with E-state index in [0.29, 0.717) is 0 Å². The van der Waals surface area contributed by atoms with Gasteiger partial charge in [-0.1, -0.05) is 180 Å². The summed E-state index contributed by atoms with van der Waals surface area (Å²) in [5.74, 6) is 3.28. The standard InChI is InChI=1S/C46H78O4/c1-7-9-11-13-15-17-19-21-23-25-27-29-31-33-39-35-36-42(46(50-6)45(39)49-5)41-37-40(44(48-4)43(38-41)47-3)34-32-30-28-26-24-22-20-18-16-14-12-10-8-2/h35-38H,7-34H2,1-6H3. The van der Waals surface area contributed by atoms with Crippen molar-refractivity contribution in [3.05, 3.63) is 35.4 Å². The molecule has 0 aliphatic heterocycles. The maximum atomic E-state index is 6.04. The van der Waals surface area contributed by atoms with Gasteiger partial charge in [0.05, 0.1) is 28.4 Å². The summed E-state index contributed by atoms with van der Waals surface area (Å²) < 4.78 is 23.8. The van der Waals surface area contributed by atoms with Crippen LogP contribution in [0.25, 0.3) is 11.1 Å². The first-order valence-corrected chi connectivity index (χ1v) is 21.1. The van der Waals surface area contributed by atoms with Gasteiger partial charge in [-0.25, -0.2) is 0 Å². The van der Waals surface area contributed by atoms with Crippen molar-refractivity contribution in [2.24, 2.45) is 0 Å². The van der Waals surface area contributed by atoms with Gasteiger partial charge in [0, 0.05) is 5.56 Å². The van der Waals surface area contributed by atoms with Crippen LogP contribution in [0.3, 0.4) is 0 Å². The number of aryl methyl sites for hydroxylation is 2. The van der Waals surface area contributed by atoms with E-state index in [-0.39, 0.29) is 0 Å². The molecule has 0 unspecified atom stereocenters. The lowest BCUT2D eigenvalue weighted by atomic mass is 9.95. The molecule has 2 aromatic rings. The van der Waals surface area contributed by atoms with Gasteiger partial charge in [-0.15, -0.1) is 0 Å². The number of ether oxygens (including phenoxy) is 4. The molecule has 0 amide bonds. The maximum absolute atomic E-state index is 6.04. The SMILES string of the molecule is CCCCCCCCCCCCCCCc1cc(-c2ccc(CCCCCCCCCCCCCCC)c(OC)c2OC)cc(OC)c1OC. The van der Waals surface area contributed by atoms with Crippen molar-refractivity contribution in [1.29, 1.82) is 0 Å². The number of methoxy groups -OCH3 is 4. The van der Waals surface area contributed by atoms with Crippen LogP contribution >= 0.6 is 0 Å². The minimum Gasteiger partial charge on any atom is -0.493 e. The van der Waals surface area contributed by atoms with Crippen molar-refractivity contribution in [3.8, 4) is 34.1 Å². The van der Waals surface area contributed by atoms with Crippen LogP contribution in [0.5, 0.6) is 23.0 Å². The van der Waals surface area contributed by atoms with Crippen LogP contribution in [0.2, 0.25) is 0 Å². The summed E-state index contributed by atoms with van der Waals surface area (Å²) in [5.41, 5.74) is 4.53. The van der Waals surface area contributed by atoms with Gasteiger partial charge in [0.15, 0.2) is 23.0 Å². The molecular weight excluding hydrogens is 617 g/mol. The molecule has 0 N–H and O–H groups in total. The smallest absolute Gasteiger partial charge is 0.168 e. The van der Waals surface area contributed by atoms with E-state index in [2.05, 4.69) is 38.1 Å². The second kappa shape index (κ2) is 29.2. The summed E-state index contributed by atoms with van der Waals surface area (Å²) in [7, 11) is 7.00. The average Bonchev–Trinajstić information content (AvgIpc) is 3.14. The van der Waals surface area contributed by atoms with Gasteiger partial charge in [-0.3, -0.25) is 0 Å². The van der Waals surface area contributed by atoms with Crippen molar-refractivity contribution in [2.75, 3.05) is 28.4 Å². The molecule has 0 radical (unpaired) electrons. The lowest BCUT2D eigenvalue weighted by molar-refractivity contribution is 0.350. The van der Waals surface area contributed by atoms with Gasteiger partial charge >= 0.3 is 0 Å². The quantitative estimate of drug-likeness (QED) is 0.0697. The molecule has 50 heavy (non-hydrogen) atoms. The fourth-order valence-electron chi connectivity index (χ4n) is 7.50. The van der Waals surface area contributed by atoms with Crippen LogP contribution < -0.4 is 18.9 Å². The summed E-state index contributed by atoms with van der Waals surface area (Å²) in [6.45, 7) is 4.58. The van der Waals surface area contributed by atoms with Crippen LogP contribution in [0.4, 0.5) is 0 Å². The fraction of sp³-hybridized carbons (Fsp3) is 0.739. The zero-order chi connectivity index (χ0) is 36.1. The highest BCUT2D eigenvalue weighted by atomic mass is 16.5. The second-order valence-electron chi connectivity index (χ2n) is 14.7. The highest BCUT2D eigenvalue weighted by Crippen LogP contribution is 2.44. The lowest BCUT2D eigenvalue weighted by Gasteiger charge is -2.19. The monoisotopic (exact) mass is 695 g/mol. The van der Waals surface area contributed by atoms with E-state index in [9.17, 15) is 0 Å². The topological polar surface area (TPSA) is 36.9 Å². The van der Waals surface area contributed by atoms with Gasteiger partial charge < -0.3 is 18.9 Å². The predicted molar refractivity (Wildman–Crippen MR) is 217 cm³/mol. The van der Waals surface area contributed by atoms with Crippen LogP contribution in [-0.4, -0.2) is 28.4 Å². The third-order valence-electron chi connectivity index (χ3n) is 10.6. The zero-order valence-electron chi connectivity index (χ0n) is 33.7. The van der Waals surface area contributed by atoms with E-state index in [1.165, 1.54) is 172 Å². The van der Waals surface area contributed by atoms with E-state index in [1.807, 2.05) is 0 Å². The number of unbranched alkanes of at least 4 members (excludes halogenated alkanes) is 24. The molecule has 0 fully saturated rings. The van der Waals surface area contributed by atoms with E-state index in [4.69, 9.17) is 18.9 Å². The van der Waals surface area contributed by atoms with Crippen LogP contribution in [-0.2, 0) is 12.8 Å². The fourth-order valence-corrected chi connectivity index (χ4v) is 7.50. The molecular formula is C46H78O4. The van der Waals surface area contributed by atoms with Crippen LogP contribution in [0.15, 0.2) is 24.3 Å². The zero-order valence-corrected chi connectivity index (χ0v) is 33.7. The van der Waals surface area contributed by atoms with Crippen molar-refractivity contribution < 1.29 is 18.9 Å². The van der Waals surface area contributed by atoms with Gasteiger partial charge in [0.25, 0.3) is 0 Å². The highest BCUT2D eigenvalue weighted by molar-refractivity contribution is 5.78. The average molecular weight is 695 g/mol. The Balaban J connectivity index is 1.87. The van der Waals surface area contributed by atoms with Gasteiger partial charge in [0.2, 0.25) is 0 Å². The summed E-state index contributed by atoms with van der Waals surface area (Å²) in [5, 5.41) is 0. The molecule has 0 spiro atoms. The number of hydrogen-bond donors (Lipinski definition) is 0. The number of benzene rings is 2. The Hall–Kier alpha value is -2.36. The molecule has 2 rings (SSSR count). The molecule has 0 saturated carbocycles. The third-order valence-corrected chi connectivity index (χ3v) is 10.6. The summed E-state index contributed by atoms with van der Waals surface area (Å²) in [4.78, 5) is 0. The summed E-state index contributed by atoms with van der Waals surface area (Å²) in [6, 6.07) is 8.79. The Morgan fingerprint density at radius 1 is 0.360 bits per heavy atom. The Morgan fingerprint density at radius 3 is 1.12 bits per heavy atom. The first-order valence-electron chi connectivity index (χ1n) is 21.1. The van der Waals surface area contributed by atoms with Crippen LogP contribution in [0, 0.1) is 0 Å². The minimum absolute atomic E-state index is 0.770. The summed E-state index contributed by atoms with van der Waals surface area (Å²) >= 11 is 0. The maximum Gasteiger partial charge on any atom is 0.168 e. The van der Waals surface area contributed by atoms with Crippen molar-refractivity contribution in [3.63, 3.8) is 0 Å². The Labute approximate surface area is 309 Å². The van der Waals surface area contributed by atoms with Gasteiger partial charge in [-0.2, -0.15) is 0 Å². The molecule has 0 heterocycles. The normalized spacial score (nSPS) is 11.2. The molecule has 0 atom stereocenters. The van der Waals surface area contributed by atoms with Crippen molar-refractivity contribution >= 4 is 0 Å². The third kappa shape index (κ3) is 17.2. The Bertz CT molecular complexity index is 1110. The molecule has 2 aromatic carbocycles. The number of hydrogen-bond acceptors (Lipinski definition) is 4. The molecule has 0 aromatic heterocycles. The largest absolute Gasteiger partial charge is 0.493 e. The molecule has 4 heteroatoms. The van der Waals surface area contributed by atoms with E-state index >= 15 is 0 Å². The molecule has 4 nitrogen and oxygen atoms in total. The lowest BCUT2D eigenvalue weighted by Crippen LogP contribution is -2.01. The first kappa shape index (κ1) is 43.8. The molecule has 0 aliphatic carbocycles. The van der Waals surface area contributed by atoms with Crippen LogP contribution in [0.1, 0.15) is 192 Å². The van der Waals surface area contributed by atoms with Gasteiger partial charge in [0.1, 0.15) is 0 Å². The second-order valence-corrected chi connectivity index (χ2v) is 14.7. The van der Waals surface area contributed by atoms with Crippen molar-refractivity contribution in [1.82, 2.24) is 0 Å².